The maximum atomic E-state index is 11.3. The molecule has 0 fully saturated rings. The fourth-order valence-electron chi connectivity index (χ4n) is 1.30. The third-order valence-electron chi connectivity index (χ3n) is 2.14. The molecule has 5 nitrogen and oxygen atoms in total. The molecule has 0 saturated heterocycles. The summed E-state index contributed by atoms with van der Waals surface area (Å²) in [6.45, 7) is 0. The summed E-state index contributed by atoms with van der Waals surface area (Å²) >= 11 is 3.04. The second-order valence-corrected chi connectivity index (χ2v) is 4.09. The van der Waals surface area contributed by atoms with Gasteiger partial charge in [0.05, 0.1) is 4.92 Å². The molecule has 2 aromatic rings. The normalized spacial score (nSPS) is 10.2. The third kappa shape index (κ3) is 2.42. The van der Waals surface area contributed by atoms with Gasteiger partial charge in [-0.2, -0.15) is 0 Å². The first-order valence-corrected chi connectivity index (χ1v) is 5.42. The van der Waals surface area contributed by atoms with E-state index in [0.29, 0.717) is 15.8 Å². The van der Waals surface area contributed by atoms with Crippen molar-refractivity contribution < 1.29 is 9.34 Å². The summed E-state index contributed by atoms with van der Waals surface area (Å²) in [5.74, 6) is 0.369. The van der Waals surface area contributed by atoms with E-state index in [1.165, 1.54) is 24.3 Å². The van der Waals surface area contributed by atoms with E-state index in [2.05, 4.69) is 15.9 Å². The molecule has 6 heteroatoms. The molecular weight excluding hydrogens is 290 g/mol. The Labute approximate surface area is 104 Å². The van der Waals surface area contributed by atoms with Gasteiger partial charge in [-0.1, -0.05) is 0 Å². The Bertz CT molecular complexity index is 618. The van der Waals surface area contributed by atoms with Crippen molar-refractivity contribution >= 4 is 21.6 Å². The predicted octanol–water partition coefficient (Wildman–Crippen LogP) is 2.98. The Morgan fingerprint density at radius 2 is 1.76 bits per heavy atom. The van der Waals surface area contributed by atoms with Crippen LogP contribution in [0.4, 0.5) is 5.69 Å². The van der Waals surface area contributed by atoms with E-state index in [-0.39, 0.29) is 5.69 Å². The van der Waals surface area contributed by atoms with Crippen LogP contribution in [0.2, 0.25) is 0 Å². The average molecular weight is 296 g/mol. The van der Waals surface area contributed by atoms with E-state index < -0.39 is 10.5 Å². The zero-order valence-corrected chi connectivity index (χ0v) is 10.0. The number of hydrogen-bond acceptors (Lipinski definition) is 4. The zero-order valence-electron chi connectivity index (χ0n) is 8.42. The highest BCUT2D eigenvalue weighted by atomic mass is 79.9. The van der Waals surface area contributed by atoms with Crippen LogP contribution in [0.15, 0.2) is 50.1 Å². The van der Waals surface area contributed by atoms with Crippen molar-refractivity contribution in [1.82, 2.24) is 0 Å². The van der Waals surface area contributed by atoms with Crippen molar-refractivity contribution in [1.29, 1.82) is 0 Å². The van der Waals surface area contributed by atoms with Crippen LogP contribution in [0.25, 0.3) is 11.3 Å². The molecular formula is C11H6BrNO4. The summed E-state index contributed by atoms with van der Waals surface area (Å²) in [6.07, 6.45) is 0. The highest BCUT2D eigenvalue weighted by Crippen LogP contribution is 2.22. The van der Waals surface area contributed by atoms with Gasteiger partial charge in [0.1, 0.15) is 10.2 Å². The zero-order chi connectivity index (χ0) is 12.4. The molecule has 0 N–H and O–H groups in total. The quantitative estimate of drug-likeness (QED) is 0.630. The molecule has 17 heavy (non-hydrogen) atoms. The molecule has 1 aromatic heterocycles. The van der Waals surface area contributed by atoms with Crippen LogP contribution in [0.1, 0.15) is 0 Å². The molecule has 2 rings (SSSR count). The number of rotatable bonds is 2. The predicted molar refractivity (Wildman–Crippen MR) is 64.8 cm³/mol. The third-order valence-corrected chi connectivity index (χ3v) is 2.73. The molecule has 0 atom stereocenters. The van der Waals surface area contributed by atoms with Crippen molar-refractivity contribution in [3.63, 3.8) is 0 Å². The van der Waals surface area contributed by atoms with Crippen LogP contribution in [0, 0.1) is 10.1 Å². The van der Waals surface area contributed by atoms with Crippen molar-refractivity contribution in [2.45, 2.75) is 0 Å². The van der Waals surface area contributed by atoms with Crippen LogP contribution < -0.4 is 5.63 Å². The second-order valence-electron chi connectivity index (χ2n) is 3.24. The summed E-state index contributed by atoms with van der Waals surface area (Å²) in [6, 6.07) is 8.97. The number of hydrogen-bond donors (Lipinski definition) is 0. The average Bonchev–Trinajstić information content (AvgIpc) is 2.33. The first-order chi connectivity index (χ1) is 8.08. The Balaban J connectivity index is 2.43. The minimum absolute atomic E-state index is 0.00629. The van der Waals surface area contributed by atoms with Gasteiger partial charge in [0.25, 0.3) is 5.69 Å². The smallest absolute Gasteiger partial charge is 0.350 e. The van der Waals surface area contributed by atoms with Crippen LogP contribution in [0.3, 0.4) is 0 Å². The summed E-state index contributed by atoms with van der Waals surface area (Å²) in [4.78, 5) is 21.3. The monoisotopic (exact) mass is 295 g/mol. The molecule has 0 aliphatic rings. The van der Waals surface area contributed by atoms with Crippen molar-refractivity contribution in [2.24, 2.45) is 0 Å². The summed E-state index contributed by atoms with van der Waals surface area (Å²) in [5, 5.41) is 10.5. The van der Waals surface area contributed by atoms with Gasteiger partial charge in [-0.3, -0.25) is 10.1 Å². The first-order valence-electron chi connectivity index (χ1n) is 4.62. The van der Waals surface area contributed by atoms with E-state index in [1.807, 2.05) is 0 Å². The highest BCUT2D eigenvalue weighted by molar-refractivity contribution is 9.10. The van der Waals surface area contributed by atoms with Gasteiger partial charge in [0.15, 0.2) is 0 Å². The number of nitrogens with zero attached hydrogens (tertiary/aromatic N) is 1. The lowest BCUT2D eigenvalue weighted by molar-refractivity contribution is -0.384. The summed E-state index contributed by atoms with van der Waals surface area (Å²) in [5.41, 5.74) is 0.120. The van der Waals surface area contributed by atoms with Crippen molar-refractivity contribution in [3.05, 3.63) is 61.4 Å². The highest BCUT2D eigenvalue weighted by Gasteiger charge is 2.07. The van der Waals surface area contributed by atoms with Gasteiger partial charge in [0.2, 0.25) is 0 Å². The lowest BCUT2D eigenvalue weighted by Crippen LogP contribution is -1.99. The number of nitro groups is 1. The Hall–Kier alpha value is -1.95. The molecule has 0 amide bonds. The van der Waals surface area contributed by atoms with Gasteiger partial charge in [-0.25, -0.2) is 4.79 Å². The lowest BCUT2D eigenvalue weighted by atomic mass is 10.1. The molecule has 1 heterocycles. The number of non-ortho nitro benzene ring substituents is 1. The first kappa shape index (κ1) is 11.5. The van der Waals surface area contributed by atoms with Gasteiger partial charge in [0, 0.05) is 17.7 Å². The molecule has 0 radical (unpaired) electrons. The maximum absolute atomic E-state index is 11.3. The van der Waals surface area contributed by atoms with E-state index in [0.717, 1.165) is 0 Å². The Morgan fingerprint density at radius 1 is 1.12 bits per heavy atom. The molecule has 0 bridgehead atoms. The fourth-order valence-corrected chi connectivity index (χ4v) is 1.52. The second kappa shape index (κ2) is 4.50. The van der Waals surface area contributed by atoms with E-state index in [1.54, 1.807) is 12.1 Å². The summed E-state index contributed by atoms with van der Waals surface area (Å²) < 4.78 is 5.36. The molecule has 0 aliphatic heterocycles. The van der Waals surface area contributed by atoms with E-state index in [9.17, 15) is 14.9 Å². The van der Waals surface area contributed by atoms with Gasteiger partial charge < -0.3 is 4.42 Å². The molecule has 1 aromatic carbocycles. The lowest BCUT2D eigenvalue weighted by Gasteiger charge is -1.99. The molecule has 0 spiro atoms. The van der Waals surface area contributed by atoms with Gasteiger partial charge in [-0.05, 0) is 40.2 Å². The van der Waals surface area contributed by atoms with Gasteiger partial charge in [-0.15, -0.1) is 0 Å². The van der Waals surface area contributed by atoms with Crippen molar-refractivity contribution in [2.75, 3.05) is 0 Å². The van der Waals surface area contributed by atoms with Crippen LogP contribution in [-0.4, -0.2) is 4.92 Å². The number of halogens is 1. The molecule has 0 unspecified atom stereocenters. The SMILES string of the molecule is O=c1oc(-c2ccc([N+](=O)[O-])cc2)ccc1Br. The van der Waals surface area contributed by atoms with E-state index >= 15 is 0 Å². The van der Waals surface area contributed by atoms with Crippen LogP contribution in [-0.2, 0) is 0 Å². The van der Waals surface area contributed by atoms with E-state index in [4.69, 9.17) is 4.42 Å². The van der Waals surface area contributed by atoms with Crippen molar-refractivity contribution in [3.8, 4) is 11.3 Å². The largest absolute Gasteiger partial charge is 0.422 e. The maximum Gasteiger partial charge on any atom is 0.350 e. The minimum atomic E-state index is -0.485. The van der Waals surface area contributed by atoms with Crippen LogP contribution in [0.5, 0.6) is 0 Å². The topological polar surface area (TPSA) is 73.3 Å². The number of benzene rings is 1. The standard InChI is InChI=1S/C11H6BrNO4/c12-9-5-6-10(17-11(9)14)7-1-3-8(4-2-7)13(15)16/h1-6H. The molecule has 0 aliphatic carbocycles. The number of nitro benzene ring substituents is 1. The fraction of sp³-hybridized carbons (Fsp3) is 0. The van der Waals surface area contributed by atoms with Gasteiger partial charge >= 0.3 is 5.63 Å². The molecule has 0 saturated carbocycles. The van der Waals surface area contributed by atoms with Crippen LogP contribution >= 0.6 is 15.9 Å². The molecule has 86 valence electrons. The Morgan fingerprint density at radius 3 is 2.29 bits per heavy atom. The minimum Gasteiger partial charge on any atom is -0.422 e. The summed E-state index contributed by atoms with van der Waals surface area (Å²) in [7, 11) is 0. The Kier molecular flexibility index (Phi) is 3.06.